The van der Waals surface area contributed by atoms with E-state index in [2.05, 4.69) is 0 Å². The molecule has 0 atom stereocenters. The van der Waals surface area contributed by atoms with E-state index in [1.165, 1.54) is 4.97 Å². The van der Waals surface area contributed by atoms with Crippen molar-refractivity contribution in [3.05, 3.63) is 10.4 Å². The molecule has 19 valence electrons. The van der Waals surface area contributed by atoms with E-state index in [0.29, 0.717) is 0 Å². The van der Waals surface area contributed by atoms with Gasteiger partial charge >= 0.3 is 0 Å². The fourth-order valence-corrected chi connectivity index (χ4v) is 0. The van der Waals surface area contributed by atoms with Gasteiger partial charge in [-0.05, 0) is 0 Å². The fourth-order valence-electron chi connectivity index (χ4n) is 0. The molecule has 0 bridgehead atoms. The zero-order chi connectivity index (χ0) is 2.71. The van der Waals surface area contributed by atoms with E-state index in [0.717, 1.165) is 0 Å². The van der Waals surface area contributed by atoms with E-state index < -0.39 is 0 Å². The van der Waals surface area contributed by atoms with Gasteiger partial charge in [0.25, 0.3) is 0 Å². The lowest BCUT2D eigenvalue weighted by Crippen LogP contribution is -1.21. The molecular weight excluding hydrogens is 54.8 g/mol. The molecule has 0 heterocycles. The Bertz CT molecular complexity index is 27.0. The highest BCUT2D eigenvalue weighted by Crippen LogP contribution is 0.905. The predicted molar refractivity (Wildman–Crippen MR) is 14.6 cm³/mol. The summed E-state index contributed by atoms with van der Waals surface area (Å²) in [7, 11) is 0. The van der Waals surface area contributed by atoms with Crippen LogP contribution in [-0.4, -0.2) is 8.41 Å². The smallest absolute Gasteiger partial charge is 0.151 e. The number of hydrogen-bond donors (Lipinski definition) is 0. The summed E-state index contributed by atoms with van der Waals surface area (Å²) < 4.78 is 0. The Balaban J connectivity index is 0. The van der Waals surface area contributed by atoms with Gasteiger partial charge in [0.2, 0.25) is 0 Å². The standard InChI is InChI=1S/B.N2O/c;1-2-3. The van der Waals surface area contributed by atoms with Crippen molar-refractivity contribution in [1.29, 1.82) is 0 Å². The summed E-state index contributed by atoms with van der Waals surface area (Å²) in [5.74, 6) is 0. The lowest BCUT2D eigenvalue weighted by atomic mass is 10.8. The Morgan fingerprint density at radius 2 is 1.75 bits per heavy atom. The summed E-state index contributed by atoms with van der Waals surface area (Å²) in [6, 6.07) is 0. The molecule has 0 unspecified atom stereocenters. The number of rotatable bonds is 0. The molecule has 3 nitrogen and oxygen atoms in total. The molecule has 0 amide bonds. The van der Waals surface area contributed by atoms with Crippen LogP contribution in [0.15, 0.2) is 0 Å². The zero-order valence-corrected chi connectivity index (χ0v) is 1.88. The Kier molecular flexibility index (Phi) is 80.4. The second-order valence-electron chi connectivity index (χ2n) is 0.0816. The molecule has 4 heteroatoms. The number of nitrogens with zero attached hydrogens (tertiary/aromatic N) is 2. The maximum absolute atomic E-state index is 8.11. The van der Waals surface area contributed by atoms with Crippen LogP contribution in [0, 0.1) is 4.91 Å². The van der Waals surface area contributed by atoms with Gasteiger partial charge in [0.1, 0.15) is 4.97 Å². The molecule has 0 aliphatic rings. The van der Waals surface area contributed by atoms with E-state index in [9.17, 15) is 0 Å². The molecule has 3 radical (unpaired) electrons. The molecule has 0 aromatic carbocycles. The monoisotopic (exact) mass is 55.0 g/mol. The second-order valence-corrected chi connectivity index (χ2v) is 0.0816. The summed E-state index contributed by atoms with van der Waals surface area (Å²) in [6.45, 7) is 0. The normalized spacial score (nSPS) is 2.00. The first-order chi connectivity index (χ1) is 1.41. The molecule has 0 aromatic rings. The van der Waals surface area contributed by atoms with Crippen molar-refractivity contribution in [2.45, 2.75) is 0 Å². The van der Waals surface area contributed by atoms with Crippen molar-refractivity contribution < 1.29 is 0 Å². The van der Waals surface area contributed by atoms with Crippen molar-refractivity contribution in [2.24, 2.45) is 0 Å². The van der Waals surface area contributed by atoms with Gasteiger partial charge < -0.3 is 0 Å². The summed E-state index contributed by atoms with van der Waals surface area (Å²) >= 11 is 0. The Morgan fingerprint density at radius 3 is 1.75 bits per heavy atom. The van der Waals surface area contributed by atoms with Crippen LogP contribution in [-0.2, 0) is 0 Å². The average molecular weight is 54.8 g/mol. The minimum Gasteiger partial charge on any atom is -0.294 e. The van der Waals surface area contributed by atoms with Crippen molar-refractivity contribution in [1.82, 2.24) is 4.97 Å². The molecule has 0 saturated carbocycles. The first-order valence-corrected chi connectivity index (χ1v) is 0.383. The van der Waals surface area contributed by atoms with E-state index in [1.54, 1.807) is 0 Å². The predicted octanol–water partition coefficient (Wildman–Crippen LogP) is -0.539. The van der Waals surface area contributed by atoms with Gasteiger partial charge in [0.05, 0.1) is 0 Å². The topological polar surface area (TPSA) is 53.5 Å². The van der Waals surface area contributed by atoms with Crippen LogP contribution in [0.3, 0.4) is 0 Å². The highest BCUT2D eigenvalue weighted by Gasteiger charge is 1.06. The van der Waals surface area contributed by atoms with E-state index >= 15 is 0 Å². The number of nitroso groups, excluding NO2 is 1. The van der Waals surface area contributed by atoms with Gasteiger partial charge in [-0.25, -0.2) is 0 Å². The van der Waals surface area contributed by atoms with Gasteiger partial charge in [0, 0.05) is 8.41 Å². The minimum atomic E-state index is 0. The summed E-state index contributed by atoms with van der Waals surface area (Å²) in [5.41, 5.74) is 6.64. The Labute approximate surface area is 25.1 Å². The van der Waals surface area contributed by atoms with Gasteiger partial charge in [0.15, 0.2) is 4.91 Å². The molecular formula is BN2O. The Hall–Kier alpha value is -0.625. The Morgan fingerprint density at radius 1 is 1.75 bits per heavy atom. The maximum Gasteiger partial charge on any atom is 0.151 e. The van der Waals surface area contributed by atoms with Crippen LogP contribution >= 0.6 is 0 Å². The summed E-state index contributed by atoms with van der Waals surface area (Å²) in [5, 5.41) is 0. The van der Waals surface area contributed by atoms with Crippen molar-refractivity contribution in [3.63, 3.8) is 0 Å². The quantitative estimate of drug-likeness (QED) is 0.208. The van der Waals surface area contributed by atoms with Crippen LogP contribution in [0.1, 0.15) is 0 Å². The molecule has 0 N–H and O–H groups in total. The first kappa shape index (κ1) is 10.1. The van der Waals surface area contributed by atoms with Crippen LogP contribution in [0.25, 0.3) is 5.53 Å². The SMILES string of the molecule is [B].[N-]=[N+]=O. The molecule has 0 spiro atoms. The molecule has 0 saturated heterocycles. The maximum atomic E-state index is 8.11. The van der Waals surface area contributed by atoms with Gasteiger partial charge in [-0.15, -0.1) is 0 Å². The molecule has 0 aromatic heterocycles. The van der Waals surface area contributed by atoms with Crippen molar-refractivity contribution in [2.75, 3.05) is 0 Å². The largest absolute Gasteiger partial charge is 0.294 e. The van der Waals surface area contributed by atoms with E-state index in [-0.39, 0.29) is 8.41 Å². The van der Waals surface area contributed by atoms with Crippen molar-refractivity contribution >= 4 is 8.41 Å². The number of hydrogen-bond acceptors (Lipinski definition) is 1. The summed E-state index contributed by atoms with van der Waals surface area (Å²) in [4.78, 5) is 9.36. The van der Waals surface area contributed by atoms with Crippen LogP contribution < -0.4 is 4.97 Å². The molecule has 4 heavy (non-hydrogen) atoms. The van der Waals surface area contributed by atoms with Crippen LogP contribution in [0.4, 0.5) is 0 Å². The van der Waals surface area contributed by atoms with Gasteiger partial charge in [-0.2, -0.15) is 0 Å². The second kappa shape index (κ2) is 31.9. The van der Waals surface area contributed by atoms with E-state index in [4.69, 9.17) is 10.4 Å². The highest BCUT2D eigenvalue weighted by atomic mass is 16.2. The van der Waals surface area contributed by atoms with E-state index in [1.807, 2.05) is 0 Å². The lowest BCUT2D eigenvalue weighted by Gasteiger charge is -0.999. The lowest BCUT2D eigenvalue weighted by molar-refractivity contribution is 1.58. The average Bonchev–Trinajstić information content (AvgIpc) is 0.918. The minimum absolute atomic E-state index is 0. The van der Waals surface area contributed by atoms with Crippen LogP contribution in [0.2, 0.25) is 0 Å². The zero-order valence-electron chi connectivity index (χ0n) is 1.88. The summed E-state index contributed by atoms with van der Waals surface area (Å²) in [6.07, 6.45) is 0. The fraction of sp³-hybridized carbons (Fsp3) is 0. The highest BCUT2D eigenvalue weighted by molar-refractivity contribution is 5.75. The van der Waals surface area contributed by atoms with Gasteiger partial charge in [-0.1, -0.05) is 0 Å². The first-order valence-electron chi connectivity index (χ1n) is 0.383. The molecule has 0 aliphatic heterocycles. The third kappa shape index (κ3) is 0.495. The van der Waals surface area contributed by atoms with Crippen molar-refractivity contribution in [3.8, 4) is 0 Å². The third-order valence-corrected chi connectivity index (χ3v) is 0. The van der Waals surface area contributed by atoms with Gasteiger partial charge in [-0.3, -0.25) is 5.53 Å². The van der Waals surface area contributed by atoms with Crippen LogP contribution in [0.5, 0.6) is 0 Å². The third-order valence-electron chi connectivity index (χ3n) is 0. The molecule has 0 fully saturated rings. The molecule has 0 rings (SSSR count). The molecule has 0 aliphatic carbocycles.